The van der Waals surface area contributed by atoms with Gasteiger partial charge in [0.05, 0.1) is 12.2 Å². The number of alkyl halides is 3. The Bertz CT molecular complexity index is 465. The summed E-state index contributed by atoms with van der Waals surface area (Å²) in [5, 5.41) is -0.328. The Kier molecular flexibility index (Phi) is 4.99. The summed E-state index contributed by atoms with van der Waals surface area (Å²) in [5.74, 6) is -0.907. The van der Waals surface area contributed by atoms with Crippen molar-refractivity contribution < 1.29 is 27.4 Å². The highest BCUT2D eigenvalue weighted by molar-refractivity contribution is 6.31. The molecule has 0 bridgehead atoms. The number of carbonyl (C=O) groups excluding carboxylic acids is 1. The molecule has 0 aliphatic rings. The zero-order valence-electron chi connectivity index (χ0n) is 10.1. The Morgan fingerprint density at radius 2 is 2.16 bits per heavy atom. The molecule has 0 spiro atoms. The lowest BCUT2D eigenvalue weighted by molar-refractivity contribution is -0.150. The van der Waals surface area contributed by atoms with Gasteiger partial charge in [0.2, 0.25) is 5.88 Å². The van der Waals surface area contributed by atoms with Gasteiger partial charge < -0.3 is 9.47 Å². The van der Waals surface area contributed by atoms with Crippen molar-refractivity contribution in [1.82, 2.24) is 4.98 Å². The fourth-order valence-electron chi connectivity index (χ4n) is 1.14. The molecular formula is C11H11ClF3NO3. The minimum Gasteiger partial charge on any atom is -0.463 e. The van der Waals surface area contributed by atoms with Crippen molar-refractivity contribution in [3.05, 3.63) is 22.8 Å². The maximum atomic E-state index is 12.4. The van der Waals surface area contributed by atoms with E-state index in [0.29, 0.717) is 12.3 Å². The summed E-state index contributed by atoms with van der Waals surface area (Å²) >= 11 is 5.62. The van der Waals surface area contributed by atoms with Crippen LogP contribution in [0.5, 0.6) is 5.88 Å². The summed E-state index contributed by atoms with van der Waals surface area (Å²) in [5.41, 5.74) is -0.992. The van der Waals surface area contributed by atoms with Gasteiger partial charge in [0, 0.05) is 6.20 Å². The molecule has 1 rings (SSSR count). The largest absolute Gasteiger partial charge is 0.463 e. The number of pyridine rings is 1. The van der Waals surface area contributed by atoms with Crippen LogP contribution in [-0.2, 0) is 15.7 Å². The van der Waals surface area contributed by atoms with Crippen molar-refractivity contribution in [2.75, 3.05) is 6.61 Å². The summed E-state index contributed by atoms with van der Waals surface area (Å²) in [6.07, 6.45) is -4.97. The molecule has 1 aromatic heterocycles. The molecule has 0 amide bonds. The van der Waals surface area contributed by atoms with Gasteiger partial charge in [-0.05, 0) is 19.9 Å². The van der Waals surface area contributed by atoms with E-state index in [0.717, 1.165) is 0 Å². The third-order valence-electron chi connectivity index (χ3n) is 2.04. The molecule has 1 atom stereocenters. The number of hydrogen-bond acceptors (Lipinski definition) is 4. The fourth-order valence-corrected chi connectivity index (χ4v) is 1.35. The van der Waals surface area contributed by atoms with Crippen LogP contribution in [-0.4, -0.2) is 23.7 Å². The van der Waals surface area contributed by atoms with E-state index >= 15 is 0 Å². The molecule has 1 aromatic rings. The number of rotatable bonds is 4. The van der Waals surface area contributed by atoms with Crippen LogP contribution < -0.4 is 4.74 Å². The SMILES string of the molecule is CCOC(=O)C(C)Oc1ncc(C(F)(F)F)cc1Cl. The van der Waals surface area contributed by atoms with Gasteiger partial charge >= 0.3 is 12.1 Å². The molecule has 0 aliphatic carbocycles. The molecular weight excluding hydrogens is 287 g/mol. The van der Waals surface area contributed by atoms with Crippen LogP contribution >= 0.6 is 11.6 Å². The Hall–Kier alpha value is -1.50. The average Bonchev–Trinajstić information content (AvgIpc) is 2.30. The van der Waals surface area contributed by atoms with Crippen molar-refractivity contribution in [3.8, 4) is 5.88 Å². The molecule has 4 nitrogen and oxygen atoms in total. The summed E-state index contributed by atoms with van der Waals surface area (Å²) < 4.78 is 46.9. The van der Waals surface area contributed by atoms with E-state index in [1.165, 1.54) is 6.92 Å². The first-order chi connectivity index (χ1) is 8.75. The lowest BCUT2D eigenvalue weighted by Crippen LogP contribution is -2.26. The number of hydrogen-bond donors (Lipinski definition) is 0. The maximum Gasteiger partial charge on any atom is 0.417 e. The number of carbonyl (C=O) groups is 1. The first-order valence-corrected chi connectivity index (χ1v) is 5.69. The molecule has 0 N–H and O–H groups in total. The van der Waals surface area contributed by atoms with Gasteiger partial charge in [-0.15, -0.1) is 0 Å². The van der Waals surface area contributed by atoms with Gasteiger partial charge in [-0.3, -0.25) is 0 Å². The quantitative estimate of drug-likeness (QED) is 0.801. The van der Waals surface area contributed by atoms with Gasteiger partial charge in [-0.25, -0.2) is 9.78 Å². The molecule has 106 valence electrons. The third kappa shape index (κ3) is 4.27. The Labute approximate surface area is 112 Å². The number of ether oxygens (including phenoxy) is 2. The zero-order valence-corrected chi connectivity index (χ0v) is 10.9. The first kappa shape index (κ1) is 15.6. The van der Waals surface area contributed by atoms with E-state index in [1.54, 1.807) is 6.92 Å². The van der Waals surface area contributed by atoms with E-state index in [1.807, 2.05) is 0 Å². The number of aromatic nitrogens is 1. The molecule has 0 aromatic carbocycles. The van der Waals surface area contributed by atoms with E-state index in [2.05, 4.69) is 9.72 Å². The van der Waals surface area contributed by atoms with E-state index in [9.17, 15) is 18.0 Å². The molecule has 0 radical (unpaired) electrons. The van der Waals surface area contributed by atoms with E-state index in [4.69, 9.17) is 16.3 Å². The summed E-state index contributed by atoms with van der Waals surface area (Å²) in [6, 6.07) is 0.682. The monoisotopic (exact) mass is 297 g/mol. The molecule has 0 saturated heterocycles. The van der Waals surface area contributed by atoms with E-state index in [-0.39, 0.29) is 17.5 Å². The second-order valence-corrected chi connectivity index (χ2v) is 3.93. The molecule has 0 saturated carbocycles. The zero-order chi connectivity index (χ0) is 14.6. The molecule has 1 unspecified atom stereocenters. The summed E-state index contributed by atoms with van der Waals surface area (Å²) in [4.78, 5) is 14.7. The minimum atomic E-state index is -4.54. The lowest BCUT2D eigenvalue weighted by Gasteiger charge is -2.14. The summed E-state index contributed by atoms with van der Waals surface area (Å²) in [7, 11) is 0. The molecule has 0 fully saturated rings. The van der Waals surface area contributed by atoms with Crippen molar-refractivity contribution >= 4 is 17.6 Å². The number of nitrogens with zero attached hydrogens (tertiary/aromatic N) is 1. The van der Waals surface area contributed by atoms with Gasteiger partial charge in [-0.1, -0.05) is 11.6 Å². The van der Waals surface area contributed by atoms with Crippen molar-refractivity contribution in [2.45, 2.75) is 26.1 Å². The first-order valence-electron chi connectivity index (χ1n) is 5.31. The van der Waals surface area contributed by atoms with Crippen molar-refractivity contribution in [1.29, 1.82) is 0 Å². The van der Waals surface area contributed by atoms with E-state index < -0.39 is 23.8 Å². The predicted molar refractivity (Wildman–Crippen MR) is 61.0 cm³/mol. The van der Waals surface area contributed by atoms with Crippen LogP contribution in [0.1, 0.15) is 19.4 Å². The highest BCUT2D eigenvalue weighted by Crippen LogP contribution is 2.33. The normalized spacial score (nSPS) is 12.9. The number of esters is 1. The Morgan fingerprint density at radius 3 is 2.63 bits per heavy atom. The average molecular weight is 298 g/mol. The van der Waals surface area contributed by atoms with Gasteiger partial charge in [0.15, 0.2) is 6.10 Å². The topological polar surface area (TPSA) is 48.4 Å². The van der Waals surface area contributed by atoms with Gasteiger partial charge in [0.25, 0.3) is 0 Å². The highest BCUT2D eigenvalue weighted by atomic mass is 35.5. The summed E-state index contributed by atoms with van der Waals surface area (Å²) in [6.45, 7) is 3.17. The molecule has 8 heteroatoms. The van der Waals surface area contributed by atoms with Crippen molar-refractivity contribution in [2.24, 2.45) is 0 Å². The Morgan fingerprint density at radius 1 is 1.53 bits per heavy atom. The predicted octanol–water partition coefficient (Wildman–Crippen LogP) is 3.08. The Balaban J connectivity index is 2.83. The highest BCUT2D eigenvalue weighted by Gasteiger charge is 2.32. The molecule has 0 aliphatic heterocycles. The minimum absolute atomic E-state index is 0.167. The van der Waals surface area contributed by atoms with Crippen LogP contribution in [0, 0.1) is 0 Å². The molecule has 1 heterocycles. The third-order valence-corrected chi connectivity index (χ3v) is 2.31. The van der Waals surface area contributed by atoms with Gasteiger partial charge in [-0.2, -0.15) is 13.2 Å². The van der Waals surface area contributed by atoms with Crippen LogP contribution in [0.4, 0.5) is 13.2 Å². The lowest BCUT2D eigenvalue weighted by atomic mass is 10.3. The van der Waals surface area contributed by atoms with Crippen LogP contribution in [0.2, 0.25) is 5.02 Å². The smallest absolute Gasteiger partial charge is 0.417 e. The van der Waals surface area contributed by atoms with Crippen LogP contribution in [0.15, 0.2) is 12.3 Å². The maximum absolute atomic E-state index is 12.4. The number of halogens is 4. The second kappa shape index (κ2) is 6.10. The standard InChI is InChI=1S/C11H11ClF3NO3/c1-3-18-10(17)6(2)19-9-8(12)4-7(5-16-9)11(13,14)15/h4-6H,3H2,1-2H3. The second-order valence-electron chi connectivity index (χ2n) is 3.52. The van der Waals surface area contributed by atoms with Crippen molar-refractivity contribution in [3.63, 3.8) is 0 Å². The fraction of sp³-hybridized carbons (Fsp3) is 0.455. The van der Waals surface area contributed by atoms with Gasteiger partial charge in [0.1, 0.15) is 5.02 Å². The van der Waals surface area contributed by atoms with Crippen LogP contribution in [0.25, 0.3) is 0 Å². The van der Waals surface area contributed by atoms with Crippen LogP contribution in [0.3, 0.4) is 0 Å². The molecule has 19 heavy (non-hydrogen) atoms.